The Labute approximate surface area is 158 Å². The molecule has 1 unspecified atom stereocenters. The number of benzene rings is 1. The Bertz CT molecular complexity index is 890. The molecule has 27 heavy (non-hydrogen) atoms. The van der Waals surface area contributed by atoms with Crippen molar-refractivity contribution >= 4 is 5.91 Å². The minimum absolute atomic E-state index is 0.137. The zero-order chi connectivity index (χ0) is 19.2. The van der Waals surface area contributed by atoms with Crippen LogP contribution in [0.5, 0.6) is 5.88 Å². The maximum atomic E-state index is 12.7. The molecule has 7 heteroatoms. The van der Waals surface area contributed by atoms with Gasteiger partial charge in [0, 0.05) is 12.6 Å². The van der Waals surface area contributed by atoms with Crippen molar-refractivity contribution in [2.24, 2.45) is 0 Å². The van der Waals surface area contributed by atoms with E-state index in [4.69, 9.17) is 4.74 Å². The van der Waals surface area contributed by atoms with Crippen molar-refractivity contribution < 1.29 is 9.53 Å². The third-order valence-corrected chi connectivity index (χ3v) is 4.44. The summed E-state index contributed by atoms with van der Waals surface area (Å²) in [6.07, 6.45) is 2.22. The maximum Gasteiger partial charge on any atom is 0.254 e. The molecular formula is C20H23N5O2. The molecule has 1 N–H and O–H groups in total. The van der Waals surface area contributed by atoms with Gasteiger partial charge in [-0.3, -0.25) is 4.79 Å². The molecule has 1 amide bonds. The number of methoxy groups -OCH3 is 1. The van der Waals surface area contributed by atoms with Gasteiger partial charge in [0.2, 0.25) is 5.88 Å². The summed E-state index contributed by atoms with van der Waals surface area (Å²) >= 11 is 0. The van der Waals surface area contributed by atoms with Gasteiger partial charge in [0.1, 0.15) is 0 Å². The quantitative estimate of drug-likeness (QED) is 0.696. The highest BCUT2D eigenvalue weighted by atomic mass is 16.5. The van der Waals surface area contributed by atoms with Crippen LogP contribution in [0.3, 0.4) is 0 Å². The molecule has 7 nitrogen and oxygen atoms in total. The van der Waals surface area contributed by atoms with Gasteiger partial charge in [-0.15, -0.1) is 10.2 Å². The molecule has 2 aromatic heterocycles. The summed E-state index contributed by atoms with van der Waals surface area (Å²) in [5.41, 5.74) is 2.53. The number of nitrogens with zero attached hydrogens (tertiary/aromatic N) is 4. The van der Waals surface area contributed by atoms with Crippen LogP contribution in [0.1, 0.15) is 41.4 Å². The molecule has 0 aliphatic rings. The van der Waals surface area contributed by atoms with E-state index in [-0.39, 0.29) is 11.8 Å². The first-order valence-electron chi connectivity index (χ1n) is 8.92. The molecule has 0 spiro atoms. The summed E-state index contributed by atoms with van der Waals surface area (Å²) in [4.78, 5) is 12.7. The fourth-order valence-electron chi connectivity index (χ4n) is 2.88. The Hall–Kier alpha value is -3.22. The van der Waals surface area contributed by atoms with Crippen LogP contribution in [0.15, 0.2) is 48.7 Å². The third-order valence-electron chi connectivity index (χ3n) is 4.44. The normalized spacial score (nSPS) is 11.8. The lowest BCUT2D eigenvalue weighted by atomic mass is 10.0. The molecule has 0 aliphatic carbocycles. The van der Waals surface area contributed by atoms with E-state index in [1.807, 2.05) is 25.1 Å². The monoisotopic (exact) mass is 365 g/mol. The van der Waals surface area contributed by atoms with Crippen LogP contribution in [0.4, 0.5) is 0 Å². The molecule has 0 fully saturated rings. The van der Waals surface area contributed by atoms with E-state index in [9.17, 15) is 4.79 Å². The fraction of sp³-hybridized carbons (Fsp3) is 0.300. The number of rotatable bonds is 7. The third kappa shape index (κ3) is 4.13. The van der Waals surface area contributed by atoms with E-state index in [0.717, 1.165) is 5.69 Å². The number of aromatic nitrogens is 4. The number of hydrogen-bond acceptors (Lipinski definition) is 5. The van der Waals surface area contributed by atoms with Crippen molar-refractivity contribution in [3.8, 4) is 11.7 Å². The molecule has 1 aromatic carbocycles. The number of ether oxygens (including phenoxy) is 1. The average Bonchev–Trinajstić information content (AvgIpc) is 3.16. The van der Waals surface area contributed by atoms with Gasteiger partial charge in [-0.2, -0.15) is 5.10 Å². The lowest BCUT2D eigenvalue weighted by molar-refractivity contribution is 0.0950. The molecule has 0 aliphatic heterocycles. The summed E-state index contributed by atoms with van der Waals surface area (Å²) in [5, 5.41) is 15.4. The first-order valence-corrected chi connectivity index (χ1v) is 8.92. The number of carbonyl (C=O) groups excluding carboxylic acids is 1. The predicted molar refractivity (Wildman–Crippen MR) is 102 cm³/mol. The van der Waals surface area contributed by atoms with E-state index in [2.05, 4.69) is 39.7 Å². The van der Waals surface area contributed by atoms with E-state index in [1.165, 1.54) is 12.7 Å². The zero-order valence-corrected chi connectivity index (χ0v) is 15.7. The summed E-state index contributed by atoms with van der Waals surface area (Å²) < 4.78 is 6.67. The first-order chi connectivity index (χ1) is 13.1. The number of nitrogens with one attached hydrogen (secondary N) is 1. The highest BCUT2D eigenvalue weighted by molar-refractivity contribution is 5.95. The van der Waals surface area contributed by atoms with Gasteiger partial charge >= 0.3 is 0 Å². The molecule has 0 saturated heterocycles. The van der Waals surface area contributed by atoms with Gasteiger partial charge in [0.05, 0.1) is 24.6 Å². The number of amides is 1. The summed E-state index contributed by atoms with van der Waals surface area (Å²) in [5.74, 6) is 1.06. The van der Waals surface area contributed by atoms with Crippen LogP contribution >= 0.6 is 0 Å². The molecule has 1 atom stereocenters. The maximum absolute atomic E-state index is 12.7. The minimum atomic E-state index is -0.137. The second-order valence-electron chi connectivity index (χ2n) is 6.23. The first kappa shape index (κ1) is 18.6. The number of hydrogen-bond donors (Lipinski definition) is 1. The standard InChI is InChI=1S/C20H23N5O2/c1-4-17-16(13-22-25(17)18-10-11-19(27-3)24-23-18)20(26)21-12-14(2)15-8-6-5-7-9-15/h5-11,13-14H,4,12H2,1-3H3,(H,21,26). The fourth-order valence-corrected chi connectivity index (χ4v) is 2.88. The number of carbonyl (C=O) groups is 1. The predicted octanol–water partition coefficient (Wildman–Crippen LogP) is 2.77. The SMILES string of the molecule is CCc1c(C(=O)NCC(C)c2ccccc2)cnn1-c1ccc(OC)nn1. The summed E-state index contributed by atoms with van der Waals surface area (Å²) in [6.45, 7) is 4.63. The molecule has 0 saturated carbocycles. The Kier molecular flexibility index (Phi) is 5.80. The van der Waals surface area contributed by atoms with Crippen LogP contribution in [0.25, 0.3) is 5.82 Å². The molecule has 3 aromatic rings. The van der Waals surface area contributed by atoms with Crippen molar-refractivity contribution in [1.82, 2.24) is 25.3 Å². The van der Waals surface area contributed by atoms with Crippen LogP contribution < -0.4 is 10.1 Å². The van der Waals surface area contributed by atoms with Crippen LogP contribution in [0, 0.1) is 0 Å². The highest BCUT2D eigenvalue weighted by Gasteiger charge is 2.18. The molecule has 2 heterocycles. The smallest absolute Gasteiger partial charge is 0.254 e. The lowest BCUT2D eigenvalue weighted by Gasteiger charge is -2.13. The molecule has 0 bridgehead atoms. The van der Waals surface area contributed by atoms with Crippen molar-refractivity contribution in [3.63, 3.8) is 0 Å². The Morgan fingerprint density at radius 2 is 1.96 bits per heavy atom. The van der Waals surface area contributed by atoms with Gasteiger partial charge in [-0.1, -0.05) is 44.2 Å². The van der Waals surface area contributed by atoms with E-state index in [0.29, 0.717) is 30.2 Å². The summed E-state index contributed by atoms with van der Waals surface area (Å²) in [6, 6.07) is 13.6. The Morgan fingerprint density at radius 1 is 1.19 bits per heavy atom. The lowest BCUT2D eigenvalue weighted by Crippen LogP contribution is -2.28. The van der Waals surface area contributed by atoms with Gasteiger partial charge in [0.15, 0.2) is 5.82 Å². The molecular weight excluding hydrogens is 342 g/mol. The molecule has 140 valence electrons. The second-order valence-corrected chi connectivity index (χ2v) is 6.23. The topological polar surface area (TPSA) is 81.9 Å². The van der Waals surface area contributed by atoms with Gasteiger partial charge in [0.25, 0.3) is 5.91 Å². The van der Waals surface area contributed by atoms with Crippen molar-refractivity contribution in [2.75, 3.05) is 13.7 Å². The van der Waals surface area contributed by atoms with Crippen molar-refractivity contribution in [2.45, 2.75) is 26.2 Å². The van der Waals surface area contributed by atoms with E-state index in [1.54, 1.807) is 23.0 Å². The van der Waals surface area contributed by atoms with Crippen molar-refractivity contribution in [1.29, 1.82) is 0 Å². The zero-order valence-electron chi connectivity index (χ0n) is 15.7. The van der Waals surface area contributed by atoms with Crippen LogP contribution in [-0.4, -0.2) is 39.5 Å². The summed E-state index contributed by atoms with van der Waals surface area (Å²) in [7, 11) is 1.54. The van der Waals surface area contributed by atoms with Crippen LogP contribution in [0.2, 0.25) is 0 Å². The molecule has 3 rings (SSSR count). The van der Waals surface area contributed by atoms with E-state index < -0.39 is 0 Å². The van der Waals surface area contributed by atoms with Crippen molar-refractivity contribution in [3.05, 3.63) is 65.5 Å². The largest absolute Gasteiger partial charge is 0.480 e. The Morgan fingerprint density at radius 3 is 2.59 bits per heavy atom. The van der Waals surface area contributed by atoms with Gasteiger partial charge < -0.3 is 10.1 Å². The van der Waals surface area contributed by atoms with Crippen LogP contribution in [-0.2, 0) is 6.42 Å². The highest BCUT2D eigenvalue weighted by Crippen LogP contribution is 2.17. The average molecular weight is 365 g/mol. The van der Waals surface area contributed by atoms with Gasteiger partial charge in [-0.25, -0.2) is 4.68 Å². The second kappa shape index (κ2) is 8.44. The molecule has 0 radical (unpaired) electrons. The van der Waals surface area contributed by atoms with E-state index >= 15 is 0 Å². The van der Waals surface area contributed by atoms with Gasteiger partial charge in [-0.05, 0) is 24.0 Å². The minimum Gasteiger partial charge on any atom is -0.480 e. The Balaban J connectivity index is 1.74.